The number of amides is 1. The largest absolute Gasteiger partial charge is 0.462 e. The normalized spacial score (nSPS) is 11.2. The number of benzene rings is 2. The standard InChI is InChI=1S/C22H23N3O5S/c1-4-30-22(27)20-13-23-25(15(20)2)19-10-6-9-18(12-19)24-21(26)17-8-5-7-16(11-17)14-31(3,28)29/h5-13H,4,14H2,1-3H3,(H,24,26). The van der Waals surface area contributed by atoms with Crippen LogP contribution in [0.25, 0.3) is 5.69 Å². The van der Waals surface area contributed by atoms with Gasteiger partial charge in [-0.3, -0.25) is 4.79 Å². The third kappa shape index (κ3) is 5.58. The van der Waals surface area contributed by atoms with Crippen molar-refractivity contribution in [3.8, 4) is 5.69 Å². The zero-order chi connectivity index (χ0) is 22.6. The molecule has 0 spiro atoms. The van der Waals surface area contributed by atoms with Crippen molar-refractivity contribution in [2.45, 2.75) is 19.6 Å². The molecule has 1 N–H and O–H groups in total. The Labute approximate surface area is 180 Å². The van der Waals surface area contributed by atoms with E-state index >= 15 is 0 Å². The molecule has 0 bridgehead atoms. The third-order valence-electron chi connectivity index (χ3n) is 4.47. The minimum absolute atomic E-state index is 0.134. The number of esters is 1. The first-order chi connectivity index (χ1) is 14.7. The smallest absolute Gasteiger partial charge is 0.341 e. The molecule has 0 saturated carbocycles. The van der Waals surface area contributed by atoms with Crippen molar-refractivity contribution in [2.24, 2.45) is 0 Å². The van der Waals surface area contributed by atoms with E-state index in [1.807, 2.05) is 0 Å². The summed E-state index contributed by atoms with van der Waals surface area (Å²) < 4.78 is 29.7. The Kier molecular flexibility index (Phi) is 6.55. The van der Waals surface area contributed by atoms with Crippen LogP contribution in [0.15, 0.2) is 54.7 Å². The van der Waals surface area contributed by atoms with Gasteiger partial charge in [0.15, 0.2) is 9.84 Å². The highest BCUT2D eigenvalue weighted by atomic mass is 32.2. The number of nitrogens with zero attached hydrogens (tertiary/aromatic N) is 2. The van der Waals surface area contributed by atoms with Gasteiger partial charge >= 0.3 is 5.97 Å². The Morgan fingerprint density at radius 3 is 2.58 bits per heavy atom. The second-order valence-corrected chi connectivity index (χ2v) is 9.19. The molecular formula is C22H23N3O5S. The van der Waals surface area contributed by atoms with Crippen LogP contribution in [0.2, 0.25) is 0 Å². The highest BCUT2D eigenvalue weighted by Gasteiger charge is 2.16. The maximum Gasteiger partial charge on any atom is 0.341 e. The van der Waals surface area contributed by atoms with E-state index in [0.29, 0.717) is 33.8 Å². The van der Waals surface area contributed by atoms with Gasteiger partial charge in [-0.15, -0.1) is 0 Å². The number of anilines is 1. The molecule has 8 nitrogen and oxygen atoms in total. The minimum atomic E-state index is -3.20. The van der Waals surface area contributed by atoms with E-state index in [0.717, 1.165) is 6.26 Å². The SMILES string of the molecule is CCOC(=O)c1cnn(-c2cccc(NC(=O)c3cccc(CS(C)(=O)=O)c3)c2)c1C. The molecule has 0 unspecified atom stereocenters. The molecule has 0 saturated heterocycles. The van der Waals surface area contributed by atoms with E-state index in [2.05, 4.69) is 10.4 Å². The van der Waals surface area contributed by atoms with Crippen LogP contribution in [-0.2, 0) is 20.3 Å². The molecule has 2 aromatic carbocycles. The van der Waals surface area contributed by atoms with Crippen molar-refractivity contribution < 1.29 is 22.7 Å². The molecular weight excluding hydrogens is 418 g/mol. The number of nitrogens with one attached hydrogen (secondary N) is 1. The van der Waals surface area contributed by atoms with E-state index in [1.165, 1.54) is 6.20 Å². The van der Waals surface area contributed by atoms with Gasteiger partial charge in [-0.25, -0.2) is 17.9 Å². The van der Waals surface area contributed by atoms with Gasteiger partial charge in [0.1, 0.15) is 5.56 Å². The van der Waals surface area contributed by atoms with Crippen LogP contribution in [-0.4, -0.2) is 42.9 Å². The van der Waals surface area contributed by atoms with Crippen molar-refractivity contribution in [3.63, 3.8) is 0 Å². The Balaban J connectivity index is 1.81. The highest BCUT2D eigenvalue weighted by molar-refractivity contribution is 7.89. The summed E-state index contributed by atoms with van der Waals surface area (Å²) in [5.74, 6) is -0.938. The summed E-state index contributed by atoms with van der Waals surface area (Å²) >= 11 is 0. The number of sulfone groups is 1. The Morgan fingerprint density at radius 2 is 1.87 bits per heavy atom. The maximum atomic E-state index is 12.7. The second kappa shape index (κ2) is 9.13. The molecule has 1 aromatic heterocycles. The average molecular weight is 442 g/mol. The number of hydrogen-bond donors (Lipinski definition) is 1. The molecule has 1 heterocycles. The number of rotatable bonds is 7. The summed E-state index contributed by atoms with van der Waals surface area (Å²) in [4.78, 5) is 24.7. The van der Waals surface area contributed by atoms with Crippen molar-refractivity contribution >= 4 is 27.4 Å². The first kappa shape index (κ1) is 22.2. The molecule has 0 atom stereocenters. The van der Waals surface area contributed by atoms with Gasteiger partial charge in [0, 0.05) is 17.5 Å². The summed E-state index contributed by atoms with van der Waals surface area (Å²) in [5.41, 5.74) is 3.09. The Bertz CT molecular complexity index is 1230. The molecule has 3 rings (SSSR count). The van der Waals surface area contributed by atoms with E-state index in [4.69, 9.17) is 4.74 Å². The summed E-state index contributed by atoms with van der Waals surface area (Å²) in [5, 5.41) is 7.07. The lowest BCUT2D eigenvalue weighted by Gasteiger charge is -2.10. The molecule has 9 heteroatoms. The van der Waals surface area contributed by atoms with Crippen LogP contribution in [0.3, 0.4) is 0 Å². The lowest BCUT2D eigenvalue weighted by molar-refractivity contribution is 0.0525. The molecule has 3 aromatic rings. The zero-order valence-corrected chi connectivity index (χ0v) is 18.3. The highest BCUT2D eigenvalue weighted by Crippen LogP contribution is 2.19. The number of hydrogen-bond acceptors (Lipinski definition) is 6. The number of ether oxygens (including phenoxy) is 1. The molecule has 0 fully saturated rings. The van der Waals surface area contributed by atoms with Gasteiger partial charge in [-0.1, -0.05) is 18.2 Å². The van der Waals surface area contributed by atoms with Crippen molar-refractivity contribution in [1.29, 1.82) is 0 Å². The third-order valence-corrected chi connectivity index (χ3v) is 5.33. The second-order valence-electron chi connectivity index (χ2n) is 7.05. The number of aromatic nitrogens is 2. The molecule has 31 heavy (non-hydrogen) atoms. The van der Waals surface area contributed by atoms with Gasteiger partial charge in [0.25, 0.3) is 5.91 Å². The quantitative estimate of drug-likeness (QED) is 0.565. The summed E-state index contributed by atoms with van der Waals surface area (Å²) in [7, 11) is -3.20. The van der Waals surface area contributed by atoms with Crippen LogP contribution >= 0.6 is 0 Å². The average Bonchev–Trinajstić information content (AvgIpc) is 3.09. The fourth-order valence-electron chi connectivity index (χ4n) is 3.10. The van der Waals surface area contributed by atoms with Gasteiger partial charge in [-0.05, 0) is 49.7 Å². The van der Waals surface area contributed by atoms with Gasteiger partial charge < -0.3 is 10.1 Å². The fourth-order valence-corrected chi connectivity index (χ4v) is 3.89. The summed E-state index contributed by atoms with van der Waals surface area (Å²) in [6, 6.07) is 13.5. The lowest BCUT2D eigenvalue weighted by atomic mass is 10.1. The molecule has 0 aliphatic carbocycles. The molecule has 0 radical (unpaired) electrons. The Hall–Kier alpha value is -3.46. The van der Waals surface area contributed by atoms with Crippen molar-refractivity contribution in [2.75, 3.05) is 18.2 Å². The van der Waals surface area contributed by atoms with Crippen molar-refractivity contribution in [3.05, 3.63) is 77.1 Å². The minimum Gasteiger partial charge on any atom is -0.462 e. The van der Waals surface area contributed by atoms with E-state index in [-0.39, 0.29) is 18.3 Å². The van der Waals surface area contributed by atoms with Crippen LogP contribution in [0.1, 0.15) is 38.9 Å². The summed E-state index contributed by atoms with van der Waals surface area (Å²) in [6.45, 7) is 3.77. The zero-order valence-electron chi connectivity index (χ0n) is 17.5. The first-order valence-electron chi connectivity index (χ1n) is 9.58. The van der Waals surface area contributed by atoms with Crippen LogP contribution in [0, 0.1) is 6.92 Å². The Morgan fingerprint density at radius 1 is 1.13 bits per heavy atom. The molecule has 0 aliphatic heterocycles. The van der Waals surface area contributed by atoms with Crippen LogP contribution in [0.4, 0.5) is 5.69 Å². The monoisotopic (exact) mass is 441 g/mol. The van der Waals surface area contributed by atoms with E-state index in [1.54, 1.807) is 67.1 Å². The number of carbonyl (C=O) groups excluding carboxylic acids is 2. The van der Waals surface area contributed by atoms with E-state index < -0.39 is 15.8 Å². The molecule has 0 aliphatic rings. The molecule has 1 amide bonds. The van der Waals surface area contributed by atoms with Gasteiger partial charge in [0.05, 0.1) is 29.9 Å². The van der Waals surface area contributed by atoms with E-state index in [9.17, 15) is 18.0 Å². The fraction of sp³-hybridized carbons (Fsp3) is 0.227. The predicted molar refractivity (Wildman–Crippen MR) is 117 cm³/mol. The predicted octanol–water partition coefficient (Wildman–Crippen LogP) is 3.15. The lowest BCUT2D eigenvalue weighted by Crippen LogP contribution is -2.13. The van der Waals surface area contributed by atoms with Crippen molar-refractivity contribution in [1.82, 2.24) is 9.78 Å². The van der Waals surface area contributed by atoms with Gasteiger partial charge in [0.2, 0.25) is 0 Å². The van der Waals surface area contributed by atoms with Gasteiger partial charge in [-0.2, -0.15) is 5.10 Å². The molecule has 162 valence electrons. The van der Waals surface area contributed by atoms with Crippen LogP contribution < -0.4 is 5.32 Å². The number of carbonyl (C=O) groups is 2. The first-order valence-corrected chi connectivity index (χ1v) is 11.6. The van der Waals surface area contributed by atoms with Crippen LogP contribution in [0.5, 0.6) is 0 Å². The summed E-state index contributed by atoms with van der Waals surface area (Å²) in [6.07, 6.45) is 2.60. The topological polar surface area (TPSA) is 107 Å². The maximum absolute atomic E-state index is 12.7.